The first-order valence-electron chi connectivity index (χ1n) is 7.39. The molecule has 24 heavy (non-hydrogen) atoms. The molecule has 2 aromatic rings. The Morgan fingerprint density at radius 3 is 3.04 bits per heavy atom. The molecule has 1 saturated heterocycles. The van der Waals surface area contributed by atoms with Gasteiger partial charge in [0.25, 0.3) is 5.56 Å². The lowest BCUT2D eigenvalue weighted by atomic mass is 10.2. The molecule has 8 nitrogen and oxygen atoms in total. The van der Waals surface area contributed by atoms with Crippen LogP contribution in [0.5, 0.6) is 0 Å². The number of carbonyl (C=O) groups is 2. The van der Waals surface area contributed by atoms with Gasteiger partial charge in [-0.2, -0.15) is 0 Å². The number of fused-ring (bicyclic) bond motifs is 1. The minimum Gasteiger partial charge on any atom is -0.443 e. The van der Waals surface area contributed by atoms with Crippen molar-refractivity contribution in [2.45, 2.75) is 25.5 Å². The summed E-state index contributed by atoms with van der Waals surface area (Å²) >= 11 is 3.32. The fourth-order valence-corrected chi connectivity index (χ4v) is 2.75. The molecule has 1 atom stereocenters. The van der Waals surface area contributed by atoms with Gasteiger partial charge in [-0.1, -0.05) is 15.9 Å². The number of alkyl carbamates (subject to hydrolysis) is 1. The second-order valence-corrected chi connectivity index (χ2v) is 6.33. The molecule has 2 aromatic heterocycles. The lowest BCUT2D eigenvalue weighted by molar-refractivity contribution is -0.119. The van der Waals surface area contributed by atoms with Gasteiger partial charge in [0.05, 0.1) is 5.69 Å². The zero-order valence-electron chi connectivity index (χ0n) is 12.6. The topological polar surface area (TPSA) is 102 Å². The van der Waals surface area contributed by atoms with Crippen LogP contribution < -0.4 is 16.2 Å². The largest absolute Gasteiger partial charge is 0.443 e. The first-order valence-corrected chi connectivity index (χ1v) is 8.18. The van der Waals surface area contributed by atoms with E-state index in [2.05, 4.69) is 31.5 Å². The first-order chi connectivity index (χ1) is 11.5. The summed E-state index contributed by atoms with van der Waals surface area (Å²) < 4.78 is 7.26. The SMILES string of the molecule is O=C1CC[C@@H](CNC(=O)OCc2cc(=O)n3ccc(Br)cc3n2)N1. The van der Waals surface area contributed by atoms with Crippen LogP contribution in [0.2, 0.25) is 0 Å². The van der Waals surface area contributed by atoms with Crippen molar-refractivity contribution in [1.29, 1.82) is 0 Å². The number of carbonyl (C=O) groups excluding carboxylic acids is 2. The second-order valence-electron chi connectivity index (χ2n) is 5.42. The highest BCUT2D eigenvalue weighted by Crippen LogP contribution is 2.11. The summed E-state index contributed by atoms with van der Waals surface area (Å²) in [7, 11) is 0. The summed E-state index contributed by atoms with van der Waals surface area (Å²) in [6.07, 6.45) is 2.16. The van der Waals surface area contributed by atoms with Crippen molar-refractivity contribution < 1.29 is 14.3 Å². The van der Waals surface area contributed by atoms with Gasteiger partial charge >= 0.3 is 6.09 Å². The molecule has 9 heteroatoms. The maximum Gasteiger partial charge on any atom is 0.407 e. The van der Waals surface area contributed by atoms with Crippen molar-refractivity contribution in [1.82, 2.24) is 20.0 Å². The van der Waals surface area contributed by atoms with Gasteiger partial charge in [0.15, 0.2) is 0 Å². The molecule has 0 spiro atoms. The van der Waals surface area contributed by atoms with Crippen molar-refractivity contribution in [2.24, 2.45) is 0 Å². The molecule has 0 unspecified atom stereocenters. The molecule has 1 fully saturated rings. The predicted octanol–water partition coefficient (Wildman–Crippen LogP) is 0.962. The van der Waals surface area contributed by atoms with Crippen molar-refractivity contribution in [2.75, 3.05) is 6.54 Å². The Balaban J connectivity index is 1.58. The molecular weight excluding hydrogens is 380 g/mol. The molecule has 1 aliphatic heterocycles. The van der Waals surface area contributed by atoms with Crippen molar-refractivity contribution in [3.05, 3.63) is 44.9 Å². The highest BCUT2D eigenvalue weighted by molar-refractivity contribution is 9.10. The molecule has 2 N–H and O–H groups in total. The lowest BCUT2D eigenvalue weighted by Crippen LogP contribution is -2.38. The summed E-state index contributed by atoms with van der Waals surface area (Å²) in [5.74, 6) is -0.0119. The summed E-state index contributed by atoms with van der Waals surface area (Å²) in [6.45, 7) is 0.201. The normalized spacial score (nSPS) is 16.9. The summed E-state index contributed by atoms with van der Waals surface area (Å²) in [5, 5.41) is 5.33. The van der Waals surface area contributed by atoms with Crippen LogP contribution in [-0.4, -0.2) is 34.0 Å². The molecule has 126 valence electrons. The van der Waals surface area contributed by atoms with Crippen LogP contribution in [0.25, 0.3) is 5.65 Å². The Morgan fingerprint density at radius 2 is 2.29 bits per heavy atom. The van der Waals surface area contributed by atoms with Crippen molar-refractivity contribution >= 4 is 33.6 Å². The fraction of sp³-hybridized carbons (Fsp3) is 0.333. The molecule has 2 amide bonds. The highest BCUT2D eigenvalue weighted by Gasteiger charge is 2.21. The Labute approximate surface area is 145 Å². The van der Waals surface area contributed by atoms with Gasteiger partial charge in [-0.25, -0.2) is 9.78 Å². The second kappa shape index (κ2) is 7.00. The maximum absolute atomic E-state index is 12.0. The standard InChI is InChI=1S/C15H15BrN4O4/c16-9-3-4-20-12(5-9)18-11(6-14(20)22)8-24-15(23)17-7-10-1-2-13(21)19-10/h3-6,10H,1-2,7-8H2,(H,17,23)(H,19,21)/t10-/m0/s1. The van der Waals surface area contributed by atoms with E-state index in [0.717, 1.165) is 4.47 Å². The van der Waals surface area contributed by atoms with E-state index in [4.69, 9.17) is 4.74 Å². The van der Waals surface area contributed by atoms with E-state index in [1.54, 1.807) is 18.3 Å². The van der Waals surface area contributed by atoms with E-state index in [9.17, 15) is 14.4 Å². The third kappa shape index (κ3) is 3.91. The molecule has 0 aromatic carbocycles. The lowest BCUT2D eigenvalue weighted by Gasteiger charge is -2.11. The van der Waals surface area contributed by atoms with E-state index < -0.39 is 6.09 Å². The molecule has 3 heterocycles. The zero-order chi connectivity index (χ0) is 17.1. The van der Waals surface area contributed by atoms with Gasteiger partial charge in [-0.3, -0.25) is 14.0 Å². The highest BCUT2D eigenvalue weighted by atomic mass is 79.9. The Bertz CT molecular complexity index is 851. The van der Waals surface area contributed by atoms with E-state index >= 15 is 0 Å². The fourth-order valence-electron chi connectivity index (χ4n) is 2.43. The van der Waals surface area contributed by atoms with E-state index in [1.165, 1.54) is 10.5 Å². The Hall–Kier alpha value is -2.42. The van der Waals surface area contributed by atoms with E-state index in [-0.39, 0.29) is 24.1 Å². The van der Waals surface area contributed by atoms with Gasteiger partial charge in [0.1, 0.15) is 12.3 Å². The van der Waals surface area contributed by atoms with Gasteiger partial charge in [0, 0.05) is 35.7 Å². The molecule has 0 saturated carbocycles. The number of amides is 2. The minimum absolute atomic E-state index is 0.0119. The minimum atomic E-state index is -0.618. The predicted molar refractivity (Wildman–Crippen MR) is 88.5 cm³/mol. The Morgan fingerprint density at radius 1 is 1.46 bits per heavy atom. The molecule has 3 rings (SSSR count). The Kier molecular flexibility index (Phi) is 4.79. The molecule has 0 bridgehead atoms. The number of hydrogen-bond donors (Lipinski definition) is 2. The third-order valence-electron chi connectivity index (χ3n) is 3.61. The van der Waals surface area contributed by atoms with Crippen LogP contribution in [-0.2, 0) is 16.1 Å². The number of halogens is 1. The zero-order valence-corrected chi connectivity index (χ0v) is 14.2. The maximum atomic E-state index is 12.0. The summed E-state index contributed by atoms with van der Waals surface area (Å²) in [5.41, 5.74) is 0.576. The average molecular weight is 395 g/mol. The molecule has 0 radical (unpaired) electrons. The van der Waals surface area contributed by atoms with Gasteiger partial charge in [0.2, 0.25) is 5.91 Å². The number of aromatic nitrogens is 2. The van der Waals surface area contributed by atoms with Gasteiger partial charge in [-0.15, -0.1) is 0 Å². The van der Waals surface area contributed by atoms with Crippen LogP contribution in [0.3, 0.4) is 0 Å². The number of hydrogen-bond acceptors (Lipinski definition) is 5. The smallest absolute Gasteiger partial charge is 0.407 e. The van der Waals surface area contributed by atoms with Gasteiger partial charge in [-0.05, 0) is 18.6 Å². The number of rotatable bonds is 4. The van der Waals surface area contributed by atoms with Crippen LogP contribution in [0.1, 0.15) is 18.5 Å². The molecule has 0 aliphatic carbocycles. The van der Waals surface area contributed by atoms with Crippen molar-refractivity contribution in [3.8, 4) is 0 Å². The van der Waals surface area contributed by atoms with Crippen LogP contribution in [0, 0.1) is 0 Å². The quantitative estimate of drug-likeness (QED) is 0.803. The van der Waals surface area contributed by atoms with Gasteiger partial charge < -0.3 is 15.4 Å². The average Bonchev–Trinajstić information content (AvgIpc) is 2.96. The van der Waals surface area contributed by atoms with Crippen molar-refractivity contribution in [3.63, 3.8) is 0 Å². The van der Waals surface area contributed by atoms with Crippen LogP contribution in [0.4, 0.5) is 4.79 Å². The van der Waals surface area contributed by atoms with Crippen LogP contribution >= 0.6 is 15.9 Å². The molecule has 1 aliphatic rings. The summed E-state index contributed by atoms with van der Waals surface area (Å²) in [6, 6.07) is 4.70. The third-order valence-corrected chi connectivity index (χ3v) is 4.10. The first kappa shape index (κ1) is 16.4. The number of pyridine rings is 1. The number of nitrogens with one attached hydrogen (secondary N) is 2. The number of ether oxygens (including phenoxy) is 1. The molecular formula is C15H15BrN4O4. The van der Waals surface area contributed by atoms with E-state index in [1.807, 2.05) is 0 Å². The monoisotopic (exact) mass is 394 g/mol. The van der Waals surface area contributed by atoms with Crippen LogP contribution in [0.15, 0.2) is 33.7 Å². The van der Waals surface area contributed by atoms with E-state index in [0.29, 0.717) is 30.7 Å². The number of nitrogens with zero attached hydrogens (tertiary/aromatic N) is 2. The summed E-state index contributed by atoms with van der Waals surface area (Å²) in [4.78, 5) is 39.1.